The van der Waals surface area contributed by atoms with Crippen molar-refractivity contribution in [1.82, 2.24) is 5.32 Å². The number of rotatable bonds is 4. The van der Waals surface area contributed by atoms with Gasteiger partial charge in [0.05, 0.1) is 0 Å². The van der Waals surface area contributed by atoms with Crippen LogP contribution in [0.4, 0.5) is 0 Å². The highest BCUT2D eigenvalue weighted by molar-refractivity contribution is 5.81. The van der Waals surface area contributed by atoms with Gasteiger partial charge >= 0.3 is 0 Å². The lowest BCUT2D eigenvalue weighted by Crippen LogP contribution is -2.38. The van der Waals surface area contributed by atoms with Gasteiger partial charge in [-0.3, -0.25) is 4.79 Å². The Morgan fingerprint density at radius 2 is 2.11 bits per heavy atom. The first-order valence-electron chi connectivity index (χ1n) is 6.75. The van der Waals surface area contributed by atoms with Crippen LogP contribution in [0.3, 0.4) is 0 Å². The van der Waals surface area contributed by atoms with Crippen molar-refractivity contribution in [2.75, 3.05) is 13.2 Å². The molecule has 1 amide bonds. The van der Waals surface area contributed by atoms with Gasteiger partial charge in [-0.05, 0) is 31.2 Å². The first kappa shape index (κ1) is 11.7. The standard InChI is InChI=1S/C15H19NO2/c17-14(13-7-4-10-18-13)16-11-15(8-9-15)12-5-2-1-3-6-12/h1-3,5-6,13H,4,7-11H2,(H,16,17). The fourth-order valence-corrected chi connectivity index (χ4v) is 2.66. The topological polar surface area (TPSA) is 38.3 Å². The van der Waals surface area contributed by atoms with E-state index in [-0.39, 0.29) is 17.4 Å². The summed E-state index contributed by atoms with van der Waals surface area (Å²) in [5, 5.41) is 3.06. The van der Waals surface area contributed by atoms with Crippen LogP contribution in [0.1, 0.15) is 31.2 Å². The zero-order valence-corrected chi connectivity index (χ0v) is 10.5. The van der Waals surface area contributed by atoms with Gasteiger partial charge < -0.3 is 10.1 Å². The molecule has 1 aliphatic heterocycles. The van der Waals surface area contributed by atoms with Crippen LogP contribution in [0, 0.1) is 0 Å². The van der Waals surface area contributed by atoms with Crippen molar-refractivity contribution < 1.29 is 9.53 Å². The predicted octanol–water partition coefficient (Wildman–Crippen LogP) is 2.01. The Morgan fingerprint density at radius 3 is 2.72 bits per heavy atom. The number of benzene rings is 1. The number of amides is 1. The Kier molecular flexibility index (Phi) is 3.08. The number of carbonyl (C=O) groups excluding carboxylic acids is 1. The van der Waals surface area contributed by atoms with Gasteiger partial charge in [0.25, 0.3) is 0 Å². The minimum Gasteiger partial charge on any atom is -0.368 e. The average Bonchev–Trinajstić information content (AvgIpc) is 3.01. The Labute approximate surface area is 108 Å². The van der Waals surface area contributed by atoms with Crippen molar-refractivity contribution in [3.63, 3.8) is 0 Å². The van der Waals surface area contributed by atoms with Gasteiger partial charge in [0, 0.05) is 18.6 Å². The van der Waals surface area contributed by atoms with E-state index in [1.54, 1.807) is 0 Å². The molecule has 1 N–H and O–H groups in total. The van der Waals surface area contributed by atoms with Crippen LogP contribution in [0.5, 0.6) is 0 Å². The molecule has 1 saturated carbocycles. The van der Waals surface area contributed by atoms with Crippen LogP contribution in [0.15, 0.2) is 30.3 Å². The summed E-state index contributed by atoms with van der Waals surface area (Å²) in [6.07, 6.45) is 3.99. The molecule has 0 aromatic heterocycles. The molecule has 3 rings (SSSR count). The van der Waals surface area contributed by atoms with Gasteiger partial charge in [-0.25, -0.2) is 0 Å². The quantitative estimate of drug-likeness (QED) is 0.881. The highest BCUT2D eigenvalue weighted by Crippen LogP contribution is 2.47. The number of nitrogens with one attached hydrogen (secondary N) is 1. The van der Waals surface area contributed by atoms with E-state index >= 15 is 0 Å². The van der Waals surface area contributed by atoms with Crippen molar-refractivity contribution in [3.05, 3.63) is 35.9 Å². The molecule has 96 valence electrons. The fraction of sp³-hybridized carbons (Fsp3) is 0.533. The van der Waals surface area contributed by atoms with E-state index < -0.39 is 0 Å². The average molecular weight is 245 g/mol. The van der Waals surface area contributed by atoms with Crippen molar-refractivity contribution in [3.8, 4) is 0 Å². The van der Waals surface area contributed by atoms with Crippen LogP contribution < -0.4 is 5.32 Å². The summed E-state index contributed by atoms with van der Waals surface area (Å²) >= 11 is 0. The molecule has 0 bridgehead atoms. The van der Waals surface area contributed by atoms with Crippen LogP contribution in [0.25, 0.3) is 0 Å². The lowest BCUT2D eigenvalue weighted by atomic mass is 9.96. The summed E-state index contributed by atoms with van der Waals surface area (Å²) < 4.78 is 5.39. The van der Waals surface area contributed by atoms with Crippen molar-refractivity contribution in [2.45, 2.75) is 37.2 Å². The molecule has 1 unspecified atom stereocenters. The van der Waals surface area contributed by atoms with Gasteiger partial charge in [-0.15, -0.1) is 0 Å². The summed E-state index contributed by atoms with van der Waals surface area (Å²) in [4.78, 5) is 11.9. The normalized spacial score (nSPS) is 24.8. The first-order valence-corrected chi connectivity index (χ1v) is 6.75. The maximum absolute atomic E-state index is 11.9. The number of hydrogen-bond donors (Lipinski definition) is 1. The minimum atomic E-state index is -0.212. The molecule has 1 heterocycles. The molecule has 1 atom stereocenters. The second-order valence-corrected chi connectivity index (χ2v) is 5.37. The molecule has 0 spiro atoms. The molecular formula is C15H19NO2. The number of carbonyl (C=O) groups is 1. The summed E-state index contributed by atoms with van der Waals surface area (Å²) in [6.45, 7) is 1.47. The molecule has 3 nitrogen and oxygen atoms in total. The second kappa shape index (κ2) is 4.73. The lowest BCUT2D eigenvalue weighted by molar-refractivity contribution is -0.130. The maximum atomic E-state index is 11.9. The zero-order chi connectivity index (χ0) is 12.4. The molecule has 2 aliphatic rings. The first-order chi connectivity index (χ1) is 8.80. The van der Waals surface area contributed by atoms with E-state index in [0.29, 0.717) is 0 Å². The van der Waals surface area contributed by atoms with Crippen LogP contribution >= 0.6 is 0 Å². The SMILES string of the molecule is O=C(NCC1(c2ccccc2)CC1)C1CCCO1. The Balaban J connectivity index is 1.58. The van der Waals surface area contributed by atoms with E-state index in [4.69, 9.17) is 4.74 Å². The van der Waals surface area contributed by atoms with Gasteiger partial charge in [0.2, 0.25) is 5.91 Å². The van der Waals surface area contributed by atoms with E-state index in [0.717, 1.165) is 26.0 Å². The highest BCUT2D eigenvalue weighted by atomic mass is 16.5. The number of ether oxygens (including phenoxy) is 1. The Hall–Kier alpha value is -1.35. The monoisotopic (exact) mass is 245 g/mol. The predicted molar refractivity (Wildman–Crippen MR) is 69.3 cm³/mol. The van der Waals surface area contributed by atoms with E-state index in [2.05, 4.69) is 29.6 Å². The number of hydrogen-bond acceptors (Lipinski definition) is 2. The Morgan fingerprint density at radius 1 is 1.33 bits per heavy atom. The smallest absolute Gasteiger partial charge is 0.249 e. The van der Waals surface area contributed by atoms with E-state index in [1.165, 1.54) is 18.4 Å². The van der Waals surface area contributed by atoms with Gasteiger partial charge in [0.15, 0.2) is 0 Å². The maximum Gasteiger partial charge on any atom is 0.249 e. The Bertz CT molecular complexity index is 419. The minimum absolute atomic E-state index is 0.0645. The van der Waals surface area contributed by atoms with Crippen LogP contribution in [-0.2, 0) is 14.9 Å². The largest absolute Gasteiger partial charge is 0.368 e. The molecule has 1 aromatic rings. The zero-order valence-electron chi connectivity index (χ0n) is 10.5. The molecule has 1 saturated heterocycles. The van der Waals surface area contributed by atoms with Gasteiger partial charge in [-0.1, -0.05) is 30.3 Å². The third-order valence-corrected chi connectivity index (χ3v) is 4.06. The van der Waals surface area contributed by atoms with Crippen molar-refractivity contribution in [1.29, 1.82) is 0 Å². The fourth-order valence-electron chi connectivity index (χ4n) is 2.66. The molecule has 1 aromatic carbocycles. The summed E-state index contributed by atoms with van der Waals surface area (Å²) in [5.74, 6) is 0.0645. The third kappa shape index (κ3) is 2.27. The molecule has 1 aliphatic carbocycles. The lowest BCUT2D eigenvalue weighted by Gasteiger charge is -2.18. The molecule has 3 heteroatoms. The second-order valence-electron chi connectivity index (χ2n) is 5.37. The summed E-state index contributed by atoms with van der Waals surface area (Å²) in [5.41, 5.74) is 1.54. The van der Waals surface area contributed by atoms with Crippen LogP contribution in [0.2, 0.25) is 0 Å². The third-order valence-electron chi connectivity index (χ3n) is 4.06. The molecule has 0 radical (unpaired) electrons. The highest BCUT2D eigenvalue weighted by Gasteiger charge is 2.44. The molecular weight excluding hydrogens is 226 g/mol. The van der Waals surface area contributed by atoms with Gasteiger partial charge in [0.1, 0.15) is 6.10 Å². The van der Waals surface area contributed by atoms with Crippen molar-refractivity contribution >= 4 is 5.91 Å². The van der Waals surface area contributed by atoms with Gasteiger partial charge in [-0.2, -0.15) is 0 Å². The summed E-state index contributed by atoms with van der Waals surface area (Å²) in [7, 11) is 0. The van der Waals surface area contributed by atoms with E-state index in [9.17, 15) is 4.79 Å². The summed E-state index contributed by atoms with van der Waals surface area (Å²) in [6, 6.07) is 10.5. The van der Waals surface area contributed by atoms with E-state index in [1.807, 2.05) is 6.07 Å². The van der Waals surface area contributed by atoms with Crippen LogP contribution in [-0.4, -0.2) is 25.2 Å². The van der Waals surface area contributed by atoms with Crippen molar-refractivity contribution in [2.24, 2.45) is 0 Å². The molecule has 18 heavy (non-hydrogen) atoms. The molecule has 2 fully saturated rings.